The molecule has 0 N–H and O–H groups in total. The summed E-state index contributed by atoms with van der Waals surface area (Å²) in [7, 11) is -1.23. The molecule has 0 spiro atoms. The molecule has 0 bridgehead atoms. The van der Waals surface area contributed by atoms with Crippen molar-refractivity contribution in [2.45, 2.75) is 38.9 Å². The molecule has 58 valence electrons. The summed E-state index contributed by atoms with van der Waals surface area (Å²) in [4.78, 5) is 0. The van der Waals surface area contributed by atoms with Crippen molar-refractivity contribution >= 4 is 28.5 Å². The molecular formula is C7H15NSeSi. The molecule has 0 aromatic carbocycles. The van der Waals surface area contributed by atoms with Crippen LogP contribution in [0.1, 0.15) is 20.8 Å². The first-order valence-corrected chi connectivity index (χ1v) is 7.26. The van der Waals surface area contributed by atoms with Crippen LogP contribution in [0.5, 0.6) is 0 Å². The van der Waals surface area contributed by atoms with E-state index >= 15 is 0 Å². The van der Waals surface area contributed by atoms with E-state index in [1.54, 1.807) is 0 Å². The van der Waals surface area contributed by atoms with E-state index in [-0.39, 0.29) is 0 Å². The van der Waals surface area contributed by atoms with Gasteiger partial charge in [-0.1, -0.05) is 0 Å². The summed E-state index contributed by atoms with van der Waals surface area (Å²) >= 11 is 2.72. The molecule has 0 saturated carbocycles. The fourth-order valence-corrected chi connectivity index (χ4v) is 4.47. The molecule has 0 rings (SSSR count). The van der Waals surface area contributed by atoms with Crippen LogP contribution >= 0.6 is 0 Å². The fourth-order valence-electron chi connectivity index (χ4n) is 1.08. The second-order valence-electron chi connectivity index (χ2n) is 2.49. The Morgan fingerprint density at radius 3 is 1.70 bits per heavy atom. The molecule has 0 amide bonds. The van der Waals surface area contributed by atoms with Crippen LogP contribution in [-0.4, -0.2) is 28.5 Å². The van der Waals surface area contributed by atoms with Crippen molar-refractivity contribution in [1.82, 2.24) is 0 Å². The predicted molar refractivity (Wildman–Crippen MR) is 50.4 cm³/mol. The van der Waals surface area contributed by atoms with Gasteiger partial charge in [0.1, 0.15) is 0 Å². The topological polar surface area (TPSA) is 12.4 Å². The summed E-state index contributed by atoms with van der Waals surface area (Å²) in [5.74, 6) is 0. The van der Waals surface area contributed by atoms with Crippen molar-refractivity contribution in [1.29, 1.82) is 0 Å². The molecule has 0 heterocycles. The van der Waals surface area contributed by atoms with Gasteiger partial charge in [-0.25, -0.2) is 0 Å². The number of hydrogen-bond acceptors (Lipinski definition) is 1. The van der Waals surface area contributed by atoms with Gasteiger partial charge in [-0.2, -0.15) is 0 Å². The van der Waals surface area contributed by atoms with Crippen molar-refractivity contribution < 1.29 is 0 Å². The van der Waals surface area contributed by atoms with E-state index in [0.29, 0.717) is 0 Å². The van der Waals surface area contributed by atoms with Crippen molar-refractivity contribution in [3.05, 3.63) is 0 Å². The van der Waals surface area contributed by atoms with Gasteiger partial charge in [-0.05, 0) is 0 Å². The molecule has 0 aromatic heterocycles. The van der Waals surface area contributed by atoms with Gasteiger partial charge in [0.25, 0.3) is 0 Å². The third-order valence-electron chi connectivity index (χ3n) is 2.26. The number of hydrogen-bond donors (Lipinski definition) is 0. The minimum atomic E-state index is -1.23. The van der Waals surface area contributed by atoms with E-state index in [0.717, 1.165) is 0 Å². The Balaban J connectivity index is 4.29. The summed E-state index contributed by atoms with van der Waals surface area (Å²) in [6.07, 6.45) is 0. The van der Waals surface area contributed by atoms with Crippen LogP contribution in [0, 0.1) is 0 Å². The summed E-state index contributed by atoms with van der Waals surface area (Å²) in [5, 5.41) is 0. The molecule has 0 aliphatic rings. The third-order valence-corrected chi connectivity index (χ3v) is 7.35. The third kappa shape index (κ3) is 2.51. The Morgan fingerprint density at radius 2 is 1.60 bits per heavy atom. The van der Waals surface area contributed by atoms with Gasteiger partial charge in [0.2, 0.25) is 0 Å². The molecule has 0 saturated heterocycles. The molecular weight excluding hydrogens is 205 g/mol. The average Bonchev–Trinajstić information content (AvgIpc) is 2.01. The first-order valence-electron chi connectivity index (χ1n) is 3.83. The van der Waals surface area contributed by atoms with Crippen LogP contribution in [0.3, 0.4) is 0 Å². The van der Waals surface area contributed by atoms with Crippen LogP contribution in [0.2, 0.25) is 18.1 Å². The van der Waals surface area contributed by atoms with Gasteiger partial charge in [0.05, 0.1) is 0 Å². The molecule has 0 fully saturated rings. The zero-order valence-corrected chi connectivity index (χ0v) is 9.69. The fraction of sp³-hybridized carbons (Fsp3) is 0.857. The van der Waals surface area contributed by atoms with Gasteiger partial charge in [-0.3, -0.25) is 0 Å². The minimum absolute atomic E-state index is 1.23. The summed E-state index contributed by atoms with van der Waals surface area (Å²) in [5.41, 5.74) is 0. The number of rotatable bonds is 4. The maximum atomic E-state index is 4.44. The quantitative estimate of drug-likeness (QED) is 0.508. The SMILES string of the molecule is CC[Si](CC)(CC)N=C=[Se]. The van der Waals surface area contributed by atoms with Gasteiger partial charge in [-0.15, -0.1) is 0 Å². The van der Waals surface area contributed by atoms with Crippen LogP contribution in [0.15, 0.2) is 4.66 Å². The van der Waals surface area contributed by atoms with Gasteiger partial charge < -0.3 is 0 Å². The zero-order chi connectivity index (χ0) is 8.04. The van der Waals surface area contributed by atoms with E-state index in [2.05, 4.69) is 45.7 Å². The van der Waals surface area contributed by atoms with Crippen molar-refractivity contribution in [2.24, 2.45) is 4.66 Å². The van der Waals surface area contributed by atoms with E-state index in [1.165, 1.54) is 18.1 Å². The Hall–Kier alpha value is 0.316. The summed E-state index contributed by atoms with van der Waals surface area (Å²) in [6.45, 7) is 6.71. The van der Waals surface area contributed by atoms with E-state index < -0.39 is 8.24 Å². The van der Waals surface area contributed by atoms with E-state index in [9.17, 15) is 0 Å². The summed E-state index contributed by atoms with van der Waals surface area (Å²) in [6, 6.07) is 3.73. The Morgan fingerprint density at radius 1 is 1.20 bits per heavy atom. The molecule has 0 atom stereocenters. The number of nitrogens with zero attached hydrogens (tertiary/aromatic N) is 1. The second-order valence-corrected chi connectivity index (χ2v) is 7.66. The van der Waals surface area contributed by atoms with Gasteiger partial charge >= 0.3 is 72.1 Å². The monoisotopic (exact) mass is 221 g/mol. The molecule has 0 radical (unpaired) electrons. The molecule has 0 unspecified atom stereocenters. The summed E-state index contributed by atoms with van der Waals surface area (Å²) < 4.78 is 7.27. The van der Waals surface area contributed by atoms with Crippen LogP contribution in [0.4, 0.5) is 0 Å². The molecule has 0 aliphatic heterocycles. The Labute approximate surface area is 72.4 Å². The van der Waals surface area contributed by atoms with E-state index in [4.69, 9.17) is 0 Å². The first-order chi connectivity index (χ1) is 4.74. The normalized spacial score (nSPS) is 10.7. The zero-order valence-electron chi connectivity index (χ0n) is 6.98. The van der Waals surface area contributed by atoms with E-state index in [1.807, 2.05) is 0 Å². The molecule has 0 aliphatic carbocycles. The molecule has 1 nitrogen and oxygen atoms in total. The van der Waals surface area contributed by atoms with Crippen molar-refractivity contribution in [2.75, 3.05) is 0 Å². The Kier molecular flexibility index (Phi) is 5.19. The van der Waals surface area contributed by atoms with Crippen LogP contribution < -0.4 is 0 Å². The second kappa shape index (κ2) is 5.03. The van der Waals surface area contributed by atoms with Crippen molar-refractivity contribution in [3.8, 4) is 0 Å². The molecule has 0 aromatic rings. The van der Waals surface area contributed by atoms with Crippen LogP contribution in [0.25, 0.3) is 0 Å². The van der Waals surface area contributed by atoms with Gasteiger partial charge in [0.15, 0.2) is 0 Å². The average molecular weight is 220 g/mol. The van der Waals surface area contributed by atoms with Gasteiger partial charge in [0, 0.05) is 0 Å². The van der Waals surface area contributed by atoms with Crippen molar-refractivity contribution in [3.63, 3.8) is 0 Å². The molecule has 10 heavy (non-hydrogen) atoms. The Bertz CT molecular complexity index is 128. The maximum absolute atomic E-state index is 4.44. The molecule has 3 heteroatoms. The standard InChI is InChI=1S/C7H15NSeSi/c1-4-10(5-2,6-3)8-7-9/h4-6H2,1-3H3. The predicted octanol–water partition coefficient (Wildman–Crippen LogP) is 2.07. The van der Waals surface area contributed by atoms with Crippen LogP contribution in [-0.2, 0) is 0 Å². The first kappa shape index (κ1) is 10.3.